The Morgan fingerprint density at radius 3 is 2.16 bits per heavy atom. The molecule has 6 rings (SSSR count). The average molecular weight is 632 g/mol. The Hall–Kier alpha value is -4.20. The number of aromatic nitrogens is 3. The molecule has 8 nitrogen and oxygen atoms in total. The predicted molar refractivity (Wildman–Crippen MR) is 167 cm³/mol. The number of aliphatic carboxylic acids is 2. The first-order valence-electron chi connectivity index (χ1n) is 14.6. The van der Waals surface area contributed by atoms with Crippen LogP contribution in [0.5, 0.6) is 0 Å². The van der Waals surface area contributed by atoms with Gasteiger partial charge in [-0.2, -0.15) is 0 Å². The summed E-state index contributed by atoms with van der Waals surface area (Å²) in [6.45, 7) is 17.0. The zero-order chi connectivity index (χ0) is 30.8. The number of carboxylic acid groups (broad SMARTS) is 2. The van der Waals surface area contributed by atoms with E-state index in [1.54, 1.807) is 6.08 Å². The SMILES string of the molecule is C=Cc1c2[n-]c(c1C)/C=c1\[n-]/c(c(C)c1C=C)=C\C1=C(C)C(CCC(=O)O)[C@]3(/C=c4\[n-]/c(c(C)c4CCC(=O)O)=C/2)CN13.[Fe+4]. The molecule has 0 spiro atoms. The van der Waals surface area contributed by atoms with Crippen LogP contribution < -0.4 is 36.3 Å². The Bertz CT molecular complexity index is 2020. The van der Waals surface area contributed by atoms with Crippen molar-refractivity contribution in [3.63, 3.8) is 0 Å². The summed E-state index contributed by atoms with van der Waals surface area (Å²) in [6.07, 6.45) is 12.7. The van der Waals surface area contributed by atoms with E-state index in [-0.39, 0.29) is 35.8 Å². The maximum atomic E-state index is 11.7. The molecule has 2 N–H and O–H groups in total. The molecule has 0 saturated carbocycles. The van der Waals surface area contributed by atoms with Crippen LogP contribution in [0.2, 0.25) is 0 Å². The Kier molecular flexibility index (Phi) is 8.08. The van der Waals surface area contributed by atoms with E-state index in [9.17, 15) is 19.8 Å². The van der Waals surface area contributed by atoms with Gasteiger partial charge in [-0.3, -0.25) is 9.59 Å². The molecule has 3 aromatic heterocycles. The molecule has 6 heterocycles. The standard InChI is InChI=1S/C35H35N4O4.Fe/c1-7-22-18(3)26-13-30-23(8-2)19(4)28(37-30)15-32-21(6)25(10-12-34(42)43)35(17-39(32)35)16-31-24(9-11-33(40)41)20(5)27(38-31)14-29(22)36-26;/h7-8,13-16,25H,1-2,9-12,17H2,3-6H3,(H,40,41)(H,42,43);/q-3;+4/b27-14+,28-15-,30-13-,31-16-;/t25?,35-,39?;/m0./s1. The van der Waals surface area contributed by atoms with Crippen LogP contribution in [0.4, 0.5) is 0 Å². The fourth-order valence-electron chi connectivity index (χ4n) is 7.03. The van der Waals surface area contributed by atoms with Crippen molar-refractivity contribution in [3.05, 3.63) is 90.6 Å². The molecular weight excluding hydrogens is 596 g/mol. The summed E-state index contributed by atoms with van der Waals surface area (Å²) in [5, 5.41) is 22.2. The number of allylic oxidation sites excluding steroid dienone is 1. The maximum absolute atomic E-state index is 11.7. The average Bonchev–Trinajstić information content (AvgIpc) is 3.19. The Labute approximate surface area is 266 Å². The minimum absolute atomic E-state index is 0. The van der Waals surface area contributed by atoms with Crippen LogP contribution in [0.15, 0.2) is 24.4 Å². The van der Waals surface area contributed by atoms with Gasteiger partial charge in [0, 0.05) is 31.0 Å². The molecule has 8 bridgehead atoms. The third-order valence-electron chi connectivity index (χ3n) is 9.48. The van der Waals surface area contributed by atoms with Gasteiger partial charge < -0.3 is 30.1 Å². The molecule has 0 aliphatic carbocycles. The number of nitrogens with zero attached hydrogens (tertiary/aromatic N) is 4. The fraction of sp³-hybridized carbons (Fsp3) is 0.314. The normalized spacial score (nSPS) is 22.6. The van der Waals surface area contributed by atoms with E-state index in [0.717, 1.165) is 84.0 Å². The van der Waals surface area contributed by atoms with E-state index >= 15 is 0 Å². The summed E-state index contributed by atoms with van der Waals surface area (Å²) < 4.78 is 0. The molecule has 1 fully saturated rings. The van der Waals surface area contributed by atoms with Gasteiger partial charge in [0.05, 0.1) is 5.54 Å². The van der Waals surface area contributed by atoms with Crippen molar-refractivity contribution in [1.82, 2.24) is 19.9 Å². The van der Waals surface area contributed by atoms with Crippen LogP contribution in [-0.2, 0) is 33.1 Å². The minimum atomic E-state index is -0.866. The number of carbonyl (C=O) groups is 2. The van der Waals surface area contributed by atoms with Crippen LogP contribution in [0.3, 0.4) is 0 Å². The van der Waals surface area contributed by atoms with Crippen molar-refractivity contribution >= 4 is 48.4 Å². The molecule has 3 aliphatic heterocycles. The Balaban J connectivity index is 0.00000384. The molecule has 226 valence electrons. The van der Waals surface area contributed by atoms with Gasteiger partial charge >= 0.3 is 29.0 Å². The summed E-state index contributed by atoms with van der Waals surface area (Å²) in [5.74, 6) is -1.72. The monoisotopic (exact) mass is 631 g/mol. The first-order valence-corrected chi connectivity index (χ1v) is 14.6. The minimum Gasteiger partial charge on any atom is -0.658 e. The van der Waals surface area contributed by atoms with Gasteiger partial charge in [-0.05, 0) is 57.2 Å². The summed E-state index contributed by atoms with van der Waals surface area (Å²) >= 11 is 0. The number of hydrogen-bond acceptors (Lipinski definition) is 3. The van der Waals surface area contributed by atoms with E-state index in [0.29, 0.717) is 12.8 Å². The van der Waals surface area contributed by atoms with E-state index < -0.39 is 17.5 Å². The molecule has 2 atom stereocenters. The third kappa shape index (κ3) is 4.94. The van der Waals surface area contributed by atoms with E-state index in [1.165, 1.54) is 0 Å². The van der Waals surface area contributed by atoms with Crippen LogP contribution >= 0.6 is 0 Å². The molecule has 3 aromatic rings. The number of hydrogen-bond donors (Lipinski definition) is 2. The van der Waals surface area contributed by atoms with Gasteiger partial charge in [-0.1, -0.05) is 71.9 Å². The van der Waals surface area contributed by atoms with Crippen LogP contribution in [0, 0.1) is 26.7 Å². The first kappa shape index (κ1) is 31.2. The quantitative estimate of drug-likeness (QED) is 0.286. The number of carboxylic acids is 2. The predicted octanol–water partition coefficient (Wildman–Crippen LogP) is 1.84. The second kappa shape index (κ2) is 11.4. The second-order valence-corrected chi connectivity index (χ2v) is 11.8. The molecular formula is C35H35FeN4O4+. The molecule has 1 unspecified atom stereocenters. The van der Waals surface area contributed by atoms with Gasteiger partial charge in [-0.25, -0.2) is 0 Å². The van der Waals surface area contributed by atoms with E-state index in [2.05, 4.69) is 37.1 Å². The van der Waals surface area contributed by atoms with Gasteiger partial charge in [-0.15, -0.1) is 32.8 Å². The number of fused-ring (bicyclic) bond motifs is 6. The molecule has 0 aromatic carbocycles. The molecule has 0 radical (unpaired) electrons. The van der Waals surface area contributed by atoms with Gasteiger partial charge in [0.1, 0.15) is 0 Å². The van der Waals surface area contributed by atoms with Crippen molar-refractivity contribution < 1.29 is 36.9 Å². The second-order valence-electron chi connectivity index (χ2n) is 11.8. The summed E-state index contributed by atoms with van der Waals surface area (Å²) in [5.41, 5.74) is 8.94. The zero-order valence-corrected chi connectivity index (χ0v) is 26.4. The third-order valence-corrected chi connectivity index (χ3v) is 9.48. The van der Waals surface area contributed by atoms with Crippen molar-refractivity contribution in [3.8, 4) is 0 Å². The van der Waals surface area contributed by atoms with Crippen LogP contribution in [0.1, 0.15) is 71.0 Å². The van der Waals surface area contributed by atoms with Gasteiger partial charge in [0.2, 0.25) is 0 Å². The molecule has 1 saturated heterocycles. The zero-order valence-electron chi connectivity index (χ0n) is 25.3. The topological polar surface area (TPSA) is 120 Å². The smallest absolute Gasteiger partial charge is 0.658 e. The summed E-state index contributed by atoms with van der Waals surface area (Å²) in [7, 11) is 0. The van der Waals surface area contributed by atoms with Crippen molar-refractivity contribution in [1.29, 1.82) is 0 Å². The summed E-state index contributed by atoms with van der Waals surface area (Å²) in [4.78, 5) is 40.7. The molecule has 44 heavy (non-hydrogen) atoms. The van der Waals surface area contributed by atoms with Crippen molar-refractivity contribution in [2.24, 2.45) is 5.92 Å². The Morgan fingerprint density at radius 2 is 1.50 bits per heavy atom. The fourth-order valence-corrected chi connectivity index (χ4v) is 7.03. The largest absolute Gasteiger partial charge is 4.00 e. The molecule has 3 aliphatic rings. The summed E-state index contributed by atoms with van der Waals surface area (Å²) in [6, 6.07) is 0. The van der Waals surface area contributed by atoms with E-state index in [4.69, 9.17) is 15.0 Å². The van der Waals surface area contributed by atoms with Crippen molar-refractivity contribution in [2.45, 2.75) is 58.9 Å². The molecule has 0 amide bonds. The van der Waals surface area contributed by atoms with Crippen LogP contribution in [-0.4, -0.2) is 39.1 Å². The van der Waals surface area contributed by atoms with Crippen molar-refractivity contribution in [2.75, 3.05) is 6.54 Å². The van der Waals surface area contributed by atoms with Crippen LogP contribution in [0.25, 0.3) is 36.5 Å². The number of rotatable bonds is 8. The maximum Gasteiger partial charge on any atom is 4.00 e. The van der Waals surface area contributed by atoms with Gasteiger partial charge in [0.25, 0.3) is 0 Å². The Morgan fingerprint density at radius 1 is 0.864 bits per heavy atom. The van der Waals surface area contributed by atoms with E-state index in [1.807, 2.05) is 39.0 Å². The molecule has 9 heteroatoms. The van der Waals surface area contributed by atoms with Gasteiger partial charge in [0.15, 0.2) is 0 Å². The first-order chi connectivity index (χ1) is 20.5.